The van der Waals surface area contributed by atoms with Gasteiger partial charge in [-0.3, -0.25) is 4.79 Å². The summed E-state index contributed by atoms with van der Waals surface area (Å²) >= 11 is 4.92. The molecule has 1 amide bonds. The molecule has 3 atom stereocenters. The molecule has 0 aromatic carbocycles. The summed E-state index contributed by atoms with van der Waals surface area (Å²) in [7, 11) is 0. The van der Waals surface area contributed by atoms with Crippen molar-refractivity contribution < 1.29 is 9.53 Å². The van der Waals surface area contributed by atoms with Gasteiger partial charge in [0.15, 0.2) is 0 Å². The molecule has 0 aliphatic carbocycles. The summed E-state index contributed by atoms with van der Waals surface area (Å²) in [6, 6.07) is -0.202. The highest BCUT2D eigenvalue weighted by Crippen LogP contribution is 2.19. The van der Waals surface area contributed by atoms with Gasteiger partial charge in [-0.05, 0) is 26.2 Å². The van der Waals surface area contributed by atoms with Crippen LogP contribution in [0.25, 0.3) is 0 Å². The Balaban J connectivity index is 2.45. The summed E-state index contributed by atoms with van der Waals surface area (Å²) in [6.45, 7) is 4.01. The molecule has 1 rings (SSSR count). The van der Waals surface area contributed by atoms with E-state index in [4.69, 9.17) is 22.7 Å². The van der Waals surface area contributed by atoms with E-state index in [2.05, 4.69) is 5.32 Å². The SMILES string of the molecule is CCCC(NC(=O)C1CCC(C)O1)C(N)=S. The van der Waals surface area contributed by atoms with Crippen LogP contribution in [0.15, 0.2) is 0 Å². The molecule has 1 fully saturated rings. The zero-order chi connectivity index (χ0) is 12.1. The lowest BCUT2D eigenvalue weighted by Crippen LogP contribution is -2.47. The van der Waals surface area contributed by atoms with E-state index in [1.165, 1.54) is 0 Å². The Bertz CT molecular complexity index is 271. The van der Waals surface area contributed by atoms with Gasteiger partial charge in [0.2, 0.25) is 5.91 Å². The van der Waals surface area contributed by atoms with Crippen molar-refractivity contribution in [1.82, 2.24) is 5.32 Å². The summed E-state index contributed by atoms with van der Waals surface area (Å²) < 4.78 is 5.49. The summed E-state index contributed by atoms with van der Waals surface area (Å²) in [5.41, 5.74) is 5.57. The van der Waals surface area contributed by atoms with E-state index in [0.717, 1.165) is 25.7 Å². The maximum Gasteiger partial charge on any atom is 0.249 e. The molecule has 0 aromatic rings. The van der Waals surface area contributed by atoms with Crippen molar-refractivity contribution in [2.75, 3.05) is 0 Å². The topological polar surface area (TPSA) is 64.3 Å². The monoisotopic (exact) mass is 244 g/mol. The quantitative estimate of drug-likeness (QED) is 0.711. The Morgan fingerprint density at radius 2 is 2.31 bits per heavy atom. The van der Waals surface area contributed by atoms with E-state index in [0.29, 0.717) is 4.99 Å². The fourth-order valence-corrected chi connectivity index (χ4v) is 2.01. The Kier molecular flexibility index (Phi) is 5.15. The molecular weight excluding hydrogens is 224 g/mol. The molecular formula is C11H20N2O2S. The number of rotatable bonds is 5. The smallest absolute Gasteiger partial charge is 0.249 e. The third-order valence-electron chi connectivity index (χ3n) is 2.76. The number of hydrogen-bond acceptors (Lipinski definition) is 3. The molecule has 0 spiro atoms. The molecule has 1 saturated heterocycles. The van der Waals surface area contributed by atoms with Crippen LogP contribution in [0.4, 0.5) is 0 Å². The van der Waals surface area contributed by atoms with Crippen molar-refractivity contribution in [3.05, 3.63) is 0 Å². The zero-order valence-electron chi connectivity index (χ0n) is 9.86. The molecule has 1 heterocycles. The fourth-order valence-electron chi connectivity index (χ4n) is 1.83. The highest BCUT2D eigenvalue weighted by Gasteiger charge is 2.29. The van der Waals surface area contributed by atoms with Crippen LogP contribution in [0.1, 0.15) is 39.5 Å². The number of nitrogens with one attached hydrogen (secondary N) is 1. The Morgan fingerprint density at radius 1 is 1.62 bits per heavy atom. The van der Waals surface area contributed by atoms with Crippen LogP contribution in [0.3, 0.4) is 0 Å². The summed E-state index contributed by atoms with van der Waals surface area (Å²) in [5.74, 6) is -0.0874. The second-order valence-corrected chi connectivity index (χ2v) is 4.74. The van der Waals surface area contributed by atoms with Crippen molar-refractivity contribution >= 4 is 23.1 Å². The molecule has 16 heavy (non-hydrogen) atoms. The van der Waals surface area contributed by atoms with E-state index >= 15 is 0 Å². The molecule has 1 aliphatic rings. The Hall–Kier alpha value is -0.680. The average Bonchev–Trinajstić information content (AvgIpc) is 2.64. The number of nitrogens with two attached hydrogens (primary N) is 1. The normalized spacial score (nSPS) is 26.4. The highest BCUT2D eigenvalue weighted by molar-refractivity contribution is 7.80. The maximum atomic E-state index is 11.8. The molecule has 4 nitrogen and oxygen atoms in total. The first-order chi connectivity index (χ1) is 7.54. The van der Waals surface area contributed by atoms with Crippen molar-refractivity contribution in [2.24, 2.45) is 5.73 Å². The highest BCUT2D eigenvalue weighted by atomic mass is 32.1. The van der Waals surface area contributed by atoms with Crippen LogP contribution in [0, 0.1) is 0 Å². The number of amides is 1. The molecule has 0 saturated carbocycles. The van der Waals surface area contributed by atoms with Crippen molar-refractivity contribution in [2.45, 2.75) is 57.8 Å². The van der Waals surface area contributed by atoms with Crippen LogP contribution in [0.2, 0.25) is 0 Å². The molecule has 3 unspecified atom stereocenters. The summed E-state index contributed by atoms with van der Waals surface area (Å²) in [4.78, 5) is 12.2. The van der Waals surface area contributed by atoms with Gasteiger partial charge in [-0.15, -0.1) is 0 Å². The lowest BCUT2D eigenvalue weighted by Gasteiger charge is -2.19. The summed E-state index contributed by atoms with van der Waals surface area (Å²) in [6.07, 6.45) is 3.27. The van der Waals surface area contributed by atoms with Crippen molar-refractivity contribution in [3.8, 4) is 0 Å². The van der Waals surface area contributed by atoms with Crippen LogP contribution in [-0.2, 0) is 9.53 Å². The molecule has 0 radical (unpaired) electrons. The third kappa shape index (κ3) is 3.72. The van der Waals surface area contributed by atoms with Crippen molar-refractivity contribution in [1.29, 1.82) is 0 Å². The van der Waals surface area contributed by atoms with Crippen LogP contribution < -0.4 is 11.1 Å². The van der Waals surface area contributed by atoms with Crippen LogP contribution in [0.5, 0.6) is 0 Å². The van der Waals surface area contributed by atoms with Gasteiger partial charge < -0.3 is 15.8 Å². The predicted molar refractivity (Wildman–Crippen MR) is 67.2 cm³/mol. The minimum atomic E-state index is -0.330. The van der Waals surface area contributed by atoms with E-state index in [1.807, 2.05) is 13.8 Å². The predicted octanol–water partition coefficient (Wildman–Crippen LogP) is 1.12. The molecule has 1 aliphatic heterocycles. The van der Waals surface area contributed by atoms with Gasteiger partial charge in [0, 0.05) is 0 Å². The van der Waals surface area contributed by atoms with Gasteiger partial charge in [-0.25, -0.2) is 0 Å². The Morgan fingerprint density at radius 3 is 2.75 bits per heavy atom. The number of thiocarbonyl (C=S) groups is 1. The molecule has 0 bridgehead atoms. The second kappa shape index (κ2) is 6.15. The van der Waals surface area contributed by atoms with Crippen LogP contribution in [-0.4, -0.2) is 29.1 Å². The molecule has 5 heteroatoms. The van der Waals surface area contributed by atoms with Gasteiger partial charge in [-0.2, -0.15) is 0 Å². The van der Waals surface area contributed by atoms with Crippen LogP contribution >= 0.6 is 12.2 Å². The minimum absolute atomic E-state index is 0.0874. The first-order valence-electron chi connectivity index (χ1n) is 5.79. The van der Waals surface area contributed by atoms with Gasteiger partial charge in [-0.1, -0.05) is 25.6 Å². The van der Waals surface area contributed by atoms with Gasteiger partial charge in [0.05, 0.1) is 17.1 Å². The largest absolute Gasteiger partial charge is 0.392 e. The second-order valence-electron chi connectivity index (χ2n) is 4.26. The van der Waals surface area contributed by atoms with Crippen molar-refractivity contribution in [3.63, 3.8) is 0 Å². The lowest BCUT2D eigenvalue weighted by atomic mass is 10.1. The van der Waals surface area contributed by atoms with Gasteiger partial charge in [0.25, 0.3) is 0 Å². The number of ether oxygens (including phenoxy) is 1. The van der Waals surface area contributed by atoms with E-state index in [-0.39, 0.29) is 24.2 Å². The fraction of sp³-hybridized carbons (Fsp3) is 0.818. The van der Waals surface area contributed by atoms with E-state index < -0.39 is 0 Å². The molecule has 92 valence electrons. The third-order valence-corrected chi connectivity index (χ3v) is 3.05. The standard InChI is InChI=1S/C11H20N2O2S/c1-3-4-8(10(12)16)13-11(14)9-6-5-7(2)15-9/h7-9H,3-6H2,1-2H3,(H2,12,16)(H,13,14). The average molecular weight is 244 g/mol. The lowest BCUT2D eigenvalue weighted by molar-refractivity contribution is -0.132. The number of carbonyl (C=O) groups is 1. The molecule has 3 N–H and O–H groups in total. The first kappa shape index (κ1) is 13.4. The summed E-state index contributed by atoms with van der Waals surface area (Å²) in [5, 5.41) is 2.85. The van der Waals surface area contributed by atoms with Gasteiger partial charge >= 0.3 is 0 Å². The minimum Gasteiger partial charge on any atom is -0.392 e. The van der Waals surface area contributed by atoms with Gasteiger partial charge in [0.1, 0.15) is 6.10 Å². The van der Waals surface area contributed by atoms with E-state index in [9.17, 15) is 4.79 Å². The maximum absolute atomic E-state index is 11.8. The molecule has 0 aromatic heterocycles. The zero-order valence-corrected chi connectivity index (χ0v) is 10.7. The Labute approximate surface area is 102 Å². The number of carbonyl (C=O) groups excluding carboxylic acids is 1. The number of hydrogen-bond donors (Lipinski definition) is 2. The first-order valence-corrected chi connectivity index (χ1v) is 6.20. The van der Waals surface area contributed by atoms with E-state index in [1.54, 1.807) is 0 Å².